The molecule has 0 amide bonds. The Hall–Kier alpha value is -2.43. The summed E-state index contributed by atoms with van der Waals surface area (Å²) < 4.78 is 9.65. The second-order valence-corrected chi connectivity index (χ2v) is 3.93. The van der Waals surface area contributed by atoms with Crippen LogP contribution >= 0.6 is 0 Å². The van der Waals surface area contributed by atoms with Gasteiger partial charge in [-0.1, -0.05) is 30.3 Å². The van der Waals surface area contributed by atoms with Crippen LogP contribution in [0.4, 0.5) is 0 Å². The first-order valence-corrected chi connectivity index (χ1v) is 6.15. The highest BCUT2D eigenvalue weighted by molar-refractivity contribution is 6.19. The number of hydrogen-bond donors (Lipinski definition) is 0. The van der Waals surface area contributed by atoms with Gasteiger partial charge in [-0.3, -0.25) is 4.79 Å². The largest absolute Gasteiger partial charge is 0.463 e. The van der Waals surface area contributed by atoms with Crippen LogP contribution < -0.4 is 0 Å². The second kappa shape index (κ2) is 7.89. The average molecular weight is 276 g/mol. The van der Waals surface area contributed by atoms with E-state index in [1.54, 1.807) is 19.1 Å². The van der Waals surface area contributed by atoms with E-state index in [1.807, 2.05) is 18.2 Å². The zero-order chi connectivity index (χ0) is 15.0. The van der Waals surface area contributed by atoms with E-state index in [1.165, 1.54) is 6.92 Å². The van der Waals surface area contributed by atoms with Gasteiger partial charge in [0.25, 0.3) is 0 Å². The number of carbonyl (C=O) groups is 3. The Labute approximate surface area is 117 Å². The summed E-state index contributed by atoms with van der Waals surface area (Å²) in [5, 5.41) is 0. The lowest BCUT2D eigenvalue weighted by molar-refractivity contribution is -0.143. The fourth-order valence-corrected chi connectivity index (χ4v) is 1.41. The first-order valence-electron chi connectivity index (χ1n) is 6.15. The molecule has 0 fully saturated rings. The molecule has 0 aromatic heterocycles. The molecule has 0 spiro atoms. The fraction of sp³-hybridized carbons (Fsp3) is 0.267. The van der Waals surface area contributed by atoms with E-state index in [-0.39, 0.29) is 18.8 Å². The Bertz CT molecular complexity index is 516. The van der Waals surface area contributed by atoms with Crippen LogP contribution in [0, 0.1) is 0 Å². The summed E-state index contributed by atoms with van der Waals surface area (Å²) in [4.78, 5) is 34.4. The molecule has 1 rings (SSSR count). The van der Waals surface area contributed by atoms with Gasteiger partial charge in [0, 0.05) is 6.08 Å². The molecule has 5 nitrogen and oxygen atoms in total. The molecule has 0 saturated heterocycles. The highest BCUT2D eigenvalue weighted by Crippen LogP contribution is 2.06. The number of carbonyl (C=O) groups excluding carboxylic acids is 3. The predicted octanol–water partition coefficient (Wildman–Crippen LogP) is 1.81. The SMILES string of the molecule is CCOC(=O)/C=C(\C(C)=O)C(=O)OCc1ccccc1. The first-order chi connectivity index (χ1) is 9.54. The molecular formula is C15H16O5. The maximum Gasteiger partial charge on any atom is 0.342 e. The molecule has 0 atom stereocenters. The standard InChI is InChI=1S/C15H16O5/c1-3-19-14(17)9-13(11(2)16)15(18)20-10-12-7-5-4-6-8-12/h4-9H,3,10H2,1-2H3/b13-9+. The minimum Gasteiger partial charge on any atom is -0.463 e. The van der Waals surface area contributed by atoms with Gasteiger partial charge in [-0.2, -0.15) is 0 Å². The zero-order valence-electron chi connectivity index (χ0n) is 11.4. The van der Waals surface area contributed by atoms with Crippen LogP contribution in [0.3, 0.4) is 0 Å². The Morgan fingerprint density at radius 3 is 2.30 bits per heavy atom. The summed E-state index contributed by atoms with van der Waals surface area (Å²) in [6.45, 7) is 3.02. The van der Waals surface area contributed by atoms with Crippen molar-refractivity contribution in [2.45, 2.75) is 20.5 Å². The predicted molar refractivity (Wildman–Crippen MR) is 71.6 cm³/mol. The average Bonchev–Trinajstić information content (AvgIpc) is 2.43. The van der Waals surface area contributed by atoms with E-state index < -0.39 is 17.7 Å². The van der Waals surface area contributed by atoms with Gasteiger partial charge in [-0.25, -0.2) is 9.59 Å². The monoisotopic (exact) mass is 276 g/mol. The number of benzene rings is 1. The van der Waals surface area contributed by atoms with Crippen molar-refractivity contribution in [2.24, 2.45) is 0 Å². The Kier molecular flexibility index (Phi) is 6.16. The molecule has 0 aliphatic heterocycles. The van der Waals surface area contributed by atoms with E-state index >= 15 is 0 Å². The number of hydrogen-bond acceptors (Lipinski definition) is 5. The van der Waals surface area contributed by atoms with Gasteiger partial charge < -0.3 is 9.47 Å². The van der Waals surface area contributed by atoms with Gasteiger partial charge in [0.15, 0.2) is 5.78 Å². The summed E-state index contributed by atoms with van der Waals surface area (Å²) in [6, 6.07) is 9.03. The Balaban J connectivity index is 2.70. The summed E-state index contributed by atoms with van der Waals surface area (Å²) in [5.41, 5.74) is 0.472. The fourth-order valence-electron chi connectivity index (χ4n) is 1.41. The number of Topliss-reactive ketones (excluding diaryl/α,β-unsaturated/α-hetero) is 1. The molecule has 0 radical (unpaired) electrons. The molecule has 20 heavy (non-hydrogen) atoms. The Morgan fingerprint density at radius 1 is 1.10 bits per heavy atom. The summed E-state index contributed by atoms with van der Waals surface area (Å²) in [5.74, 6) is -2.13. The van der Waals surface area contributed by atoms with E-state index in [0.717, 1.165) is 11.6 Å². The van der Waals surface area contributed by atoms with Crippen LogP contribution in [0.25, 0.3) is 0 Å². The van der Waals surface area contributed by atoms with Crippen LogP contribution in [0.2, 0.25) is 0 Å². The third kappa shape index (κ3) is 5.06. The van der Waals surface area contributed by atoms with E-state index in [9.17, 15) is 14.4 Å². The van der Waals surface area contributed by atoms with Gasteiger partial charge in [-0.15, -0.1) is 0 Å². The van der Waals surface area contributed by atoms with E-state index in [2.05, 4.69) is 4.74 Å². The van der Waals surface area contributed by atoms with Gasteiger partial charge >= 0.3 is 11.9 Å². The molecule has 106 valence electrons. The van der Waals surface area contributed by atoms with E-state index in [0.29, 0.717) is 0 Å². The maximum absolute atomic E-state index is 11.8. The van der Waals surface area contributed by atoms with Crippen molar-refractivity contribution < 1.29 is 23.9 Å². The molecule has 0 N–H and O–H groups in total. The van der Waals surface area contributed by atoms with Gasteiger partial charge in [-0.05, 0) is 19.4 Å². The lowest BCUT2D eigenvalue weighted by atomic mass is 10.2. The number of ether oxygens (including phenoxy) is 2. The van der Waals surface area contributed by atoms with Crippen molar-refractivity contribution >= 4 is 17.7 Å². The quantitative estimate of drug-likeness (QED) is 0.343. The van der Waals surface area contributed by atoms with E-state index in [4.69, 9.17) is 4.74 Å². The van der Waals surface area contributed by atoms with Crippen LogP contribution in [-0.2, 0) is 30.5 Å². The molecule has 0 saturated carbocycles. The van der Waals surface area contributed by atoms with Crippen LogP contribution in [-0.4, -0.2) is 24.3 Å². The number of ketones is 1. The summed E-state index contributed by atoms with van der Waals surface area (Å²) in [6.07, 6.45) is 0.860. The van der Waals surface area contributed by atoms with Crippen LogP contribution in [0.15, 0.2) is 42.0 Å². The minimum atomic E-state index is -0.839. The second-order valence-electron chi connectivity index (χ2n) is 3.93. The third-order valence-electron chi connectivity index (χ3n) is 2.36. The minimum absolute atomic E-state index is 0.0348. The van der Waals surface area contributed by atoms with Crippen molar-refractivity contribution in [3.05, 3.63) is 47.5 Å². The molecule has 5 heteroatoms. The highest BCUT2D eigenvalue weighted by atomic mass is 16.5. The van der Waals surface area contributed by atoms with Gasteiger partial charge in [0.05, 0.1) is 6.61 Å². The first kappa shape index (κ1) is 15.6. The van der Waals surface area contributed by atoms with Crippen molar-refractivity contribution in [3.63, 3.8) is 0 Å². The molecule has 0 unspecified atom stereocenters. The number of rotatable bonds is 6. The lowest BCUT2D eigenvalue weighted by Gasteiger charge is -2.06. The van der Waals surface area contributed by atoms with Crippen molar-refractivity contribution in [1.82, 2.24) is 0 Å². The van der Waals surface area contributed by atoms with Crippen molar-refractivity contribution in [2.75, 3.05) is 6.61 Å². The molecule has 0 aliphatic carbocycles. The van der Waals surface area contributed by atoms with Crippen LogP contribution in [0.5, 0.6) is 0 Å². The molecule has 0 bridgehead atoms. The van der Waals surface area contributed by atoms with Crippen molar-refractivity contribution in [3.8, 4) is 0 Å². The van der Waals surface area contributed by atoms with Gasteiger partial charge in [0.2, 0.25) is 0 Å². The Morgan fingerprint density at radius 2 is 1.75 bits per heavy atom. The van der Waals surface area contributed by atoms with Gasteiger partial charge in [0.1, 0.15) is 12.2 Å². The van der Waals surface area contributed by atoms with Crippen molar-refractivity contribution in [1.29, 1.82) is 0 Å². The molecule has 1 aromatic rings. The molecular weight excluding hydrogens is 260 g/mol. The van der Waals surface area contributed by atoms with Crippen LogP contribution in [0.1, 0.15) is 19.4 Å². The molecule has 0 aliphatic rings. The summed E-state index contributed by atoms with van der Waals surface area (Å²) in [7, 11) is 0. The zero-order valence-corrected chi connectivity index (χ0v) is 11.4. The number of esters is 2. The highest BCUT2D eigenvalue weighted by Gasteiger charge is 2.18. The topological polar surface area (TPSA) is 69.7 Å². The lowest BCUT2D eigenvalue weighted by Crippen LogP contribution is -2.16. The third-order valence-corrected chi connectivity index (χ3v) is 2.36. The molecule has 1 aromatic carbocycles. The normalized spacial score (nSPS) is 10.8. The smallest absolute Gasteiger partial charge is 0.342 e. The summed E-state index contributed by atoms with van der Waals surface area (Å²) >= 11 is 0. The maximum atomic E-state index is 11.8. The molecule has 0 heterocycles.